The van der Waals surface area contributed by atoms with Gasteiger partial charge in [0, 0.05) is 6.54 Å². The number of benzene rings is 1. The Hall–Kier alpha value is -2.48. The molecule has 0 spiro atoms. The molecule has 0 unspecified atom stereocenters. The van der Waals surface area contributed by atoms with Gasteiger partial charge in [0.05, 0.1) is 11.3 Å². The molecular weight excluding hydrogens is 310 g/mol. The number of aliphatic carboxylic acids is 1. The summed E-state index contributed by atoms with van der Waals surface area (Å²) in [5.74, 6) is -0.321. The van der Waals surface area contributed by atoms with Gasteiger partial charge < -0.3 is 14.6 Å². The Labute approximate surface area is 129 Å². The Morgan fingerprint density at radius 3 is 2.86 bits per heavy atom. The van der Waals surface area contributed by atoms with Crippen LogP contribution in [0.4, 0.5) is 4.79 Å². The minimum atomic E-state index is -1.06. The predicted molar refractivity (Wildman–Crippen MR) is 77.5 cm³/mol. The molecule has 0 atom stereocenters. The number of imide groups is 1. The largest absolute Gasteiger partial charge is 0.481 e. The number of carboxylic acid groups (broad SMARTS) is 1. The van der Waals surface area contributed by atoms with Crippen molar-refractivity contribution in [1.29, 1.82) is 0 Å². The number of hydrogen-bond acceptors (Lipinski definition) is 6. The van der Waals surface area contributed by atoms with Gasteiger partial charge in [-0.05, 0) is 35.5 Å². The molecule has 1 N–H and O–H groups in total. The summed E-state index contributed by atoms with van der Waals surface area (Å²) in [5, 5.41) is 8.18. The zero-order valence-corrected chi connectivity index (χ0v) is 12.1. The second kappa shape index (κ2) is 5.72. The summed E-state index contributed by atoms with van der Waals surface area (Å²) in [5.41, 5.74) is 0.702. The van der Waals surface area contributed by atoms with E-state index in [1.54, 1.807) is 24.3 Å². The predicted octanol–water partition coefficient (Wildman–Crippen LogP) is 1.93. The van der Waals surface area contributed by atoms with Crippen LogP contribution in [0.25, 0.3) is 6.08 Å². The zero-order chi connectivity index (χ0) is 15.7. The van der Waals surface area contributed by atoms with Crippen LogP contribution in [-0.2, 0) is 9.59 Å². The highest BCUT2D eigenvalue weighted by molar-refractivity contribution is 8.18. The first-order chi connectivity index (χ1) is 10.5. The van der Waals surface area contributed by atoms with Crippen LogP contribution in [0.2, 0.25) is 0 Å². The van der Waals surface area contributed by atoms with Gasteiger partial charge in [-0.1, -0.05) is 6.07 Å². The number of rotatable bonds is 4. The lowest BCUT2D eigenvalue weighted by Crippen LogP contribution is -2.30. The van der Waals surface area contributed by atoms with Crippen LogP contribution in [0.15, 0.2) is 23.1 Å². The Balaban J connectivity index is 1.79. The molecular formula is C14H11NO6S. The van der Waals surface area contributed by atoms with Gasteiger partial charge in [0.25, 0.3) is 11.1 Å². The number of hydrogen-bond donors (Lipinski definition) is 1. The molecule has 3 rings (SSSR count). The van der Waals surface area contributed by atoms with Gasteiger partial charge in [0.15, 0.2) is 11.5 Å². The molecule has 1 fully saturated rings. The first kappa shape index (κ1) is 14.5. The third-order valence-electron chi connectivity index (χ3n) is 3.12. The molecule has 2 heterocycles. The summed E-state index contributed by atoms with van der Waals surface area (Å²) in [6.45, 7) is 0.0307. The minimum Gasteiger partial charge on any atom is -0.481 e. The fourth-order valence-corrected chi connectivity index (χ4v) is 2.92. The fraction of sp³-hybridized carbons (Fsp3) is 0.214. The molecule has 1 saturated heterocycles. The smallest absolute Gasteiger partial charge is 0.305 e. The van der Waals surface area contributed by atoms with Crippen LogP contribution < -0.4 is 9.47 Å². The number of fused-ring (bicyclic) bond motifs is 1. The van der Waals surface area contributed by atoms with Crippen LogP contribution in [0.3, 0.4) is 0 Å². The maximum Gasteiger partial charge on any atom is 0.305 e. The Morgan fingerprint density at radius 1 is 1.32 bits per heavy atom. The van der Waals surface area contributed by atoms with E-state index < -0.39 is 17.1 Å². The fourth-order valence-electron chi connectivity index (χ4n) is 2.05. The van der Waals surface area contributed by atoms with Gasteiger partial charge in [0.1, 0.15) is 0 Å². The van der Waals surface area contributed by atoms with E-state index in [0.29, 0.717) is 17.1 Å². The van der Waals surface area contributed by atoms with E-state index in [0.717, 1.165) is 16.7 Å². The molecule has 1 aromatic carbocycles. The molecule has 114 valence electrons. The molecule has 2 aliphatic heterocycles. The van der Waals surface area contributed by atoms with Crippen LogP contribution in [-0.4, -0.2) is 40.5 Å². The monoisotopic (exact) mass is 321 g/mol. The van der Waals surface area contributed by atoms with E-state index in [-0.39, 0.29) is 24.7 Å². The molecule has 0 saturated carbocycles. The second-order valence-electron chi connectivity index (χ2n) is 4.59. The van der Waals surface area contributed by atoms with E-state index >= 15 is 0 Å². The van der Waals surface area contributed by atoms with Crippen LogP contribution >= 0.6 is 11.8 Å². The highest BCUT2D eigenvalue weighted by Crippen LogP contribution is 2.36. The third kappa shape index (κ3) is 2.77. The van der Waals surface area contributed by atoms with Gasteiger partial charge >= 0.3 is 5.97 Å². The average molecular weight is 321 g/mol. The zero-order valence-electron chi connectivity index (χ0n) is 11.3. The molecule has 1 aromatic rings. The maximum absolute atomic E-state index is 12.1. The van der Waals surface area contributed by atoms with Gasteiger partial charge in [0.2, 0.25) is 6.79 Å². The first-order valence-electron chi connectivity index (χ1n) is 6.41. The summed E-state index contributed by atoms with van der Waals surface area (Å²) in [7, 11) is 0. The van der Waals surface area contributed by atoms with Gasteiger partial charge in [-0.2, -0.15) is 0 Å². The van der Waals surface area contributed by atoms with E-state index in [1.165, 1.54) is 0 Å². The lowest BCUT2D eigenvalue weighted by Gasteiger charge is -2.09. The van der Waals surface area contributed by atoms with Crippen LogP contribution in [0.5, 0.6) is 11.5 Å². The Morgan fingerprint density at radius 2 is 2.09 bits per heavy atom. The topological polar surface area (TPSA) is 93.1 Å². The Kier molecular flexibility index (Phi) is 3.76. The summed E-state index contributed by atoms with van der Waals surface area (Å²) in [4.78, 5) is 35.7. The van der Waals surface area contributed by atoms with E-state index in [9.17, 15) is 14.4 Å². The standard InChI is InChI=1S/C14H11NO6S/c16-12(17)3-4-15-13(18)11(22-14(15)19)6-8-1-2-9-10(5-8)21-7-20-9/h1-2,5-6H,3-4,7H2,(H,16,17). The molecule has 2 aliphatic rings. The number of amides is 2. The quantitative estimate of drug-likeness (QED) is 0.847. The van der Waals surface area contributed by atoms with Crippen molar-refractivity contribution in [2.75, 3.05) is 13.3 Å². The summed E-state index contributed by atoms with van der Waals surface area (Å²) >= 11 is 0.795. The lowest BCUT2D eigenvalue weighted by atomic mass is 10.2. The normalized spacial score (nSPS) is 18.4. The van der Waals surface area contributed by atoms with Crippen molar-refractivity contribution in [3.05, 3.63) is 28.7 Å². The van der Waals surface area contributed by atoms with Crippen molar-refractivity contribution < 1.29 is 29.0 Å². The third-order valence-corrected chi connectivity index (χ3v) is 4.02. The molecule has 7 nitrogen and oxygen atoms in total. The van der Waals surface area contributed by atoms with Gasteiger partial charge in [-0.15, -0.1) is 0 Å². The number of thioether (sulfide) groups is 1. The van der Waals surface area contributed by atoms with Gasteiger partial charge in [-0.3, -0.25) is 19.3 Å². The van der Waals surface area contributed by atoms with Crippen molar-refractivity contribution in [3.8, 4) is 11.5 Å². The number of ether oxygens (including phenoxy) is 2. The molecule has 8 heteroatoms. The molecule has 2 amide bonds. The molecule has 0 aromatic heterocycles. The van der Waals surface area contributed by atoms with Crippen LogP contribution in [0, 0.1) is 0 Å². The Bertz CT molecular complexity index is 699. The highest BCUT2D eigenvalue weighted by atomic mass is 32.2. The molecule has 22 heavy (non-hydrogen) atoms. The first-order valence-corrected chi connectivity index (χ1v) is 7.23. The SMILES string of the molecule is O=C(O)CCN1C(=O)SC(=Cc2ccc3c(c2)OCO3)C1=O. The number of carbonyl (C=O) groups is 3. The summed E-state index contributed by atoms with van der Waals surface area (Å²) in [6, 6.07) is 5.19. The molecule has 0 radical (unpaired) electrons. The van der Waals surface area contributed by atoms with Crippen LogP contribution in [0.1, 0.15) is 12.0 Å². The van der Waals surface area contributed by atoms with E-state index in [4.69, 9.17) is 14.6 Å². The maximum atomic E-state index is 12.1. The van der Waals surface area contributed by atoms with E-state index in [2.05, 4.69) is 0 Å². The highest BCUT2D eigenvalue weighted by Gasteiger charge is 2.35. The van der Waals surface area contributed by atoms with Crippen molar-refractivity contribution in [1.82, 2.24) is 4.90 Å². The minimum absolute atomic E-state index is 0.127. The van der Waals surface area contributed by atoms with Crippen molar-refractivity contribution in [3.63, 3.8) is 0 Å². The molecule has 0 bridgehead atoms. The number of nitrogens with zero attached hydrogens (tertiary/aromatic N) is 1. The van der Waals surface area contributed by atoms with Crippen molar-refractivity contribution in [2.45, 2.75) is 6.42 Å². The van der Waals surface area contributed by atoms with Crippen molar-refractivity contribution >= 4 is 35.0 Å². The molecule has 0 aliphatic carbocycles. The van der Waals surface area contributed by atoms with E-state index in [1.807, 2.05) is 0 Å². The second-order valence-corrected chi connectivity index (χ2v) is 5.58. The average Bonchev–Trinajstić information content (AvgIpc) is 3.02. The summed E-state index contributed by atoms with van der Waals surface area (Å²) < 4.78 is 10.5. The van der Waals surface area contributed by atoms with Gasteiger partial charge in [-0.25, -0.2) is 0 Å². The van der Waals surface area contributed by atoms with Crippen molar-refractivity contribution in [2.24, 2.45) is 0 Å². The summed E-state index contributed by atoms with van der Waals surface area (Å²) in [6.07, 6.45) is 1.31. The number of carbonyl (C=O) groups excluding carboxylic acids is 2. The number of carboxylic acids is 1. The lowest BCUT2D eigenvalue weighted by molar-refractivity contribution is -0.137.